The van der Waals surface area contributed by atoms with Crippen molar-refractivity contribution in [1.82, 2.24) is 9.13 Å². The fourth-order valence-electron chi connectivity index (χ4n) is 7.52. The molecule has 0 radical (unpaired) electrons. The molecule has 0 saturated carbocycles. The molecule has 0 atom stereocenters. The van der Waals surface area contributed by atoms with Gasteiger partial charge in [0, 0.05) is 27.2 Å². The molecule has 0 aliphatic rings. The van der Waals surface area contributed by atoms with Gasteiger partial charge in [-0.2, -0.15) is 10.5 Å². The van der Waals surface area contributed by atoms with Gasteiger partial charge in [0.25, 0.3) is 0 Å². The summed E-state index contributed by atoms with van der Waals surface area (Å²) in [4.78, 5) is 4.02. The maximum atomic E-state index is 9.96. The van der Waals surface area contributed by atoms with Gasteiger partial charge in [-0.05, 0) is 82.9 Å². The first-order valence-corrected chi connectivity index (χ1v) is 16.3. The third kappa shape index (κ3) is 4.24. The van der Waals surface area contributed by atoms with Crippen molar-refractivity contribution in [3.8, 4) is 45.8 Å². The number of aromatic nitrogens is 2. The monoisotopic (exact) mass is 635 g/mol. The summed E-state index contributed by atoms with van der Waals surface area (Å²) < 4.78 is 4.45. The van der Waals surface area contributed by atoms with Crippen molar-refractivity contribution in [1.29, 1.82) is 10.5 Å². The molecule has 5 heteroatoms. The lowest BCUT2D eigenvalue weighted by Gasteiger charge is -2.18. The SMILES string of the molecule is [C-]#[N+]c1cccc(-c2ccc(-n3c4ccc(C#N)cc4c4c(C#N)cccc43)cc2)c1-c1ccccc1-n1c2ccccc2c2ccccc21. The largest absolute Gasteiger partial charge is 0.309 e. The predicted octanol–water partition coefficient (Wildman–Crippen LogP) is 11.5. The van der Waals surface area contributed by atoms with Crippen LogP contribution >= 0.6 is 0 Å². The third-order valence-corrected chi connectivity index (χ3v) is 9.63. The molecule has 2 heterocycles. The highest BCUT2D eigenvalue weighted by Gasteiger charge is 2.20. The van der Waals surface area contributed by atoms with Gasteiger partial charge >= 0.3 is 0 Å². The quantitative estimate of drug-likeness (QED) is 0.181. The lowest BCUT2D eigenvalue weighted by molar-refractivity contribution is 1.18. The molecule has 230 valence electrons. The summed E-state index contributed by atoms with van der Waals surface area (Å²) in [6.07, 6.45) is 0. The molecule has 0 unspecified atom stereocenters. The Morgan fingerprint density at radius 3 is 1.88 bits per heavy atom. The van der Waals surface area contributed by atoms with Crippen LogP contribution in [0.25, 0.3) is 82.1 Å². The molecule has 5 nitrogen and oxygen atoms in total. The van der Waals surface area contributed by atoms with E-state index in [1.807, 2.05) is 54.6 Å². The van der Waals surface area contributed by atoms with E-state index in [-0.39, 0.29) is 0 Å². The lowest BCUT2D eigenvalue weighted by atomic mass is 9.92. The average molecular weight is 636 g/mol. The second kappa shape index (κ2) is 11.4. The number of hydrogen-bond donors (Lipinski definition) is 0. The summed E-state index contributed by atoms with van der Waals surface area (Å²) in [5, 5.41) is 23.7. The topological polar surface area (TPSA) is 61.8 Å². The molecule has 0 bridgehead atoms. The Balaban J connectivity index is 1.24. The highest BCUT2D eigenvalue weighted by molar-refractivity contribution is 6.12. The fourth-order valence-corrected chi connectivity index (χ4v) is 7.52. The Morgan fingerprint density at radius 2 is 1.16 bits per heavy atom. The van der Waals surface area contributed by atoms with Crippen molar-refractivity contribution in [3.05, 3.63) is 174 Å². The second-order valence-electron chi connectivity index (χ2n) is 12.2. The van der Waals surface area contributed by atoms with Crippen molar-refractivity contribution < 1.29 is 0 Å². The molecular weight excluding hydrogens is 611 g/mol. The molecule has 0 saturated heterocycles. The van der Waals surface area contributed by atoms with Gasteiger partial charge < -0.3 is 9.13 Å². The maximum Gasteiger partial charge on any atom is 0.195 e. The first-order valence-electron chi connectivity index (χ1n) is 16.3. The first-order chi connectivity index (χ1) is 24.7. The normalized spacial score (nSPS) is 11.1. The van der Waals surface area contributed by atoms with Crippen molar-refractivity contribution in [2.24, 2.45) is 0 Å². The van der Waals surface area contributed by atoms with Crippen LogP contribution in [0.15, 0.2) is 152 Å². The molecule has 0 amide bonds. The summed E-state index contributed by atoms with van der Waals surface area (Å²) in [7, 11) is 0. The average Bonchev–Trinajstić information content (AvgIpc) is 3.70. The van der Waals surface area contributed by atoms with E-state index >= 15 is 0 Å². The van der Waals surface area contributed by atoms with E-state index in [9.17, 15) is 10.5 Å². The molecule has 0 aliphatic heterocycles. The third-order valence-electron chi connectivity index (χ3n) is 9.63. The van der Waals surface area contributed by atoms with Crippen molar-refractivity contribution in [3.63, 3.8) is 0 Å². The summed E-state index contributed by atoms with van der Waals surface area (Å²) in [5.41, 5.74) is 11.5. The van der Waals surface area contributed by atoms with Crippen LogP contribution in [-0.4, -0.2) is 9.13 Å². The Morgan fingerprint density at radius 1 is 0.520 bits per heavy atom. The van der Waals surface area contributed by atoms with Gasteiger partial charge in [-0.1, -0.05) is 91.0 Å². The molecule has 50 heavy (non-hydrogen) atoms. The van der Waals surface area contributed by atoms with Crippen molar-refractivity contribution in [2.75, 3.05) is 0 Å². The van der Waals surface area contributed by atoms with E-state index in [0.717, 1.165) is 66.5 Å². The number of para-hydroxylation sites is 3. The molecule has 0 aliphatic carbocycles. The predicted molar refractivity (Wildman–Crippen MR) is 202 cm³/mol. The smallest absolute Gasteiger partial charge is 0.195 e. The molecule has 9 rings (SSSR count). The van der Waals surface area contributed by atoms with E-state index in [2.05, 4.69) is 123 Å². The van der Waals surface area contributed by atoms with Crippen LogP contribution in [0.3, 0.4) is 0 Å². The zero-order valence-electron chi connectivity index (χ0n) is 26.7. The number of nitrogens with zero attached hydrogens (tertiary/aromatic N) is 5. The van der Waals surface area contributed by atoms with Gasteiger partial charge in [0.05, 0.1) is 57.6 Å². The Hall–Kier alpha value is -7.39. The fraction of sp³-hybridized carbons (Fsp3) is 0. The molecule has 2 aromatic heterocycles. The summed E-state index contributed by atoms with van der Waals surface area (Å²) in [6.45, 7) is 8.22. The van der Waals surface area contributed by atoms with Gasteiger partial charge in [0.15, 0.2) is 5.69 Å². The number of rotatable bonds is 4. The number of nitriles is 2. The van der Waals surface area contributed by atoms with Gasteiger partial charge in [0.2, 0.25) is 0 Å². The van der Waals surface area contributed by atoms with Crippen molar-refractivity contribution >= 4 is 49.3 Å². The molecule has 0 fully saturated rings. The molecule has 9 aromatic rings. The van der Waals surface area contributed by atoms with E-state index < -0.39 is 0 Å². The van der Waals surface area contributed by atoms with Crippen LogP contribution < -0.4 is 0 Å². The number of benzene rings is 7. The Labute approximate surface area is 288 Å². The standard InChI is InChI=1S/C45H25N5/c1-48-38-15-9-14-33(45(38)36-13-4-7-18-41(36)50-39-16-5-2-11-34(39)35-12-3-6-17-40(35)50)30-21-23-32(24-22-30)49-42-25-20-29(27-46)26-37(42)44-31(28-47)10-8-19-43(44)49/h2-26H. The second-order valence-corrected chi connectivity index (χ2v) is 12.2. The van der Waals surface area contributed by atoms with Crippen LogP contribution in [0.1, 0.15) is 11.1 Å². The zero-order valence-corrected chi connectivity index (χ0v) is 26.7. The van der Waals surface area contributed by atoms with Gasteiger partial charge in [-0.25, -0.2) is 4.85 Å². The number of fused-ring (bicyclic) bond motifs is 6. The van der Waals surface area contributed by atoms with E-state index in [0.29, 0.717) is 16.8 Å². The van der Waals surface area contributed by atoms with E-state index in [1.165, 1.54) is 10.8 Å². The van der Waals surface area contributed by atoms with E-state index in [4.69, 9.17) is 6.57 Å². The minimum Gasteiger partial charge on any atom is -0.309 e. The Bertz CT molecular complexity index is 2900. The van der Waals surface area contributed by atoms with Crippen LogP contribution in [0.5, 0.6) is 0 Å². The first kappa shape index (κ1) is 28.8. The van der Waals surface area contributed by atoms with E-state index in [1.54, 1.807) is 0 Å². The zero-order chi connectivity index (χ0) is 33.8. The van der Waals surface area contributed by atoms with Gasteiger partial charge in [-0.15, -0.1) is 0 Å². The summed E-state index contributed by atoms with van der Waals surface area (Å²) >= 11 is 0. The van der Waals surface area contributed by atoms with Gasteiger partial charge in [-0.3, -0.25) is 0 Å². The van der Waals surface area contributed by atoms with Crippen LogP contribution in [0, 0.1) is 29.2 Å². The van der Waals surface area contributed by atoms with Gasteiger partial charge in [0.1, 0.15) is 0 Å². The van der Waals surface area contributed by atoms with Crippen LogP contribution in [-0.2, 0) is 0 Å². The minimum atomic E-state index is 0.549. The highest BCUT2D eigenvalue weighted by atomic mass is 15.0. The summed E-state index contributed by atoms with van der Waals surface area (Å²) in [5.74, 6) is 0. The lowest BCUT2D eigenvalue weighted by Crippen LogP contribution is -1.98. The Kier molecular flexibility index (Phi) is 6.56. The van der Waals surface area contributed by atoms with Crippen molar-refractivity contribution in [2.45, 2.75) is 0 Å². The summed E-state index contributed by atoms with van der Waals surface area (Å²) in [6, 6.07) is 55.5. The minimum absolute atomic E-state index is 0.549. The maximum absolute atomic E-state index is 9.96. The molecule has 0 spiro atoms. The van der Waals surface area contributed by atoms with Crippen LogP contribution in [0.4, 0.5) is 5.69 Å². The van der Waals surface area contributed by atoms with Crippen LogP contribution in [0.2, 0.25) is 0 Å². The molecule has 0 N–H and O–H groups in total. The molecular formula is C45H25N5. The number of hydrogen-bond acceptors (Lipinski definition) is 2. The highest BCUT2D eigenvalue weighted by Crippen LogP contribution is 2.44. The molecule has 7 aromatic carbocycles.